The van der Waals surface area contributed by atoms with E-state index in [-0.39, 0.29) is 5.91 Å². The van der Waals surface area contributed by atoms with E-state index in [1.807, 2.05) is 0 Å². The summed E-state index contributed by atoms with van der Waals surface area (Å²) in [6, 6.07) is 3.36. The Labute approximate surface area is 106 Å². The second kappa shape index (κ2) is 8.37. The summed E-state index contributed by atoms with van der Waals surface area (Å²) in [5, 5.41) is 16.5. The van der Waals surface area contributed by atoms with Crippen LogP contribution in [0.25, 0.3) is 0 Å². The van der Waals surface area contributed by atoms with Gasteiger partial charge in [-0.25, -0.2) is 0 Å². The van der Waals surface area contributed by atoms with E-state index in [9.17, 15) is 4.79 Å². The number of aromatic nitrogens is 2. The van der Waals surface area contributed by atoms with Crippen LogP contribution < -0.4 is 16.0 Å². The summed E-state index contributed by atoms with van der Waals surface area (Å²) in [7, 11) is 3.23. The van der Waals surface area contributed by atoms with E-state index >= 15 is 0 Å². The Morgan fingerprint density at radius 3 is 2.72 bits per heavy atom. The lowest BCUT2D eigenvalue weighted by atomic mass is 10.3. The Hall–Kier alpha value is -1.73. The highest BCUT2D eigenvalue weighted by Crippen LogP contribution is 2.00. The van der Waals surface area contributed by atoms with Crippen molar-refractivity contribution in [2.75, 3.05) is 45.7 Å². The predicted octanol–water partition coefficient (Wildman–Crippen LogP) is -0.516. The highest BCUT2D eigenvalue weighted by molar-refractivity contribution is 5.91. The molecule has 1 heterocycles. The third kappa shape index (κ3) is 5.07. The number of nitrogens with one attached hydrogen (secondary N) is 3. The zero-order valence-electron chi connectivity index (χ0n) is 10.7. The summed E-state index contributed by atoms with van der Waals surface area (Å²) < 4.78 is 4.91. The number of carbonyl (C=O) groups is 1. The first kappa shape index (κ1) is 14.3. The first-order valence-electron chi connectivity index (χ1n) is 5.77. The molecule has 0 radical (unpaired) electrons. The fraction of sp³-hybridized carbons (Fsp3) is 0.545. The minimum Gasteiger partial charge on any atom is -0.383 e. The summed E-state index contributed by atoms with van der Waals surface area (Å²) in [5.41, 5.74) is 0.307. The Morgan fingerprint density at radius 1 is 1.28 bits per heavy atom. The van der Waals surface area contributed by atoms with Gasteiger partial charge < -0.3 is 20.7 Å². The molecule has 1 amide bonds. The maximum absolute atomic E-state index is 11.2. The summed E-state index contributed by atoms with van der Waals surface area (Å²) in [6.07, 6.45) is 0. The van der Waals surface area contributed by atoms with Gasteiger partial charge in [-0.3, -0.25) is 4.79 Å². The van der Waals surface area contributed by atoms with E-state index in [2.05, 4.69) is 26.1 Å². The van der Waals surface area contributed by atoms with Crippen LogP contribution in [0.1, 0.15) is 10.5 Å². The van der Waals surface area contributed by atoms with Crippen LogP contribution in [0.3, 0.4) is 0 Å². The second-order valence-corrected chi connectivity index (χ2v) is 3.55. The van der Waals surface area contributed by atoms with Crippen LogP contribution in [0.15, 0.2) is 12.1 Å². The summed E-state index contributed by atoms with van der Waals surface area (Å²) in [4.78, 5) is 11.2. The van der Waals surface area contributed by atoms with Gasteiger partial charge in [0.1, 0.15) is 5.82 Å². The van der Waals surface area contributed by atoms with Crippen molar-refractivity contribution in [2.45, 2.75) is 0 Å². The van der Waals surface area contributed by atoms with Crippen LogP contribution in [-0.2, 0) is 4.74 Å². The molecule has 0 fully saturated rings. The Balaban J connectivity index is 2.25. The van der Waals surface area contributed by atoms with Crippen LogP contribution in [0.5, 0.6) is 0 Å². The number of anilines is 1. The zero-order chi connectivity index (χ0) is 13.2. The fourth-order valence-electron chi connectivity index (χ4n) is 1.25. The van der Waals surface area contributed by atoms with Crippen LogP contribution in [-0.4, -0.2) is 56.5 Å². The van der Waals surface area contributed by atoms with Crippen LogP contribution in [0, 0.1) is 0 Å². The molecule has 1 aromatic heterocycles. The predicted molar refractivity (Wildman–Crippen MR) is 68.7 cm³/mol. The lowest BCUT2D eigenvalue weighted by Crippen LogP contribution is -2.26. The smallest absolute Gasteiger partial charge is 0.271 e. The van der Waals surface area contributed by atoms with E-state index in [1.165, 1.54) is 0 Å². The topological polar surface area (TPSA) is 88.2 Å². The first-order chi connectivity index (χ1) is 8.77. The number of hydrogen-bond acceptors (Lipinski definition) is 6. The van der Waals surface area contributed by atoms with E-state index < -0.39 is 0 Å². The zero-order valence-corrected chi connectivity index (χ0v) is 10.7. The molecule has 0 aliphatic rings. The number of hydrogen-bond donors (Lipinski definition) is 3. The minimum atomic E-state index is -0.240. The van der Waals surface area contributed by atoms with Crippen LogP contribution in [0.2, 0.25) is 0 Å². The molecule has 100 valence electrons. The lowest BCUT2D eigenvalue weighted by Gasteiger charge is -2.06. The monoisotopic (exact) mass is 253 g/mol. The molecular weight excluding hydrogens is 234 g/mol. The summed E-state index contributed by atoms with van der Waals surface area (Å²) in [6.45, 7) is 3.06. The molecule has 0 aromatic carbocycles. The summed E-state index contributed by atoms with van der Waals surface area (Å²) >= 11 is 0. The van der Waals surface area contributed by atoms with Gasteiger partial charge in [0.2, 0.25) is 0 Å². The number of methoxy groups -OCH3 is 1. The minimum absolute atomic E-state index is 0.240. The summed E-state index contributed by atoms with van der Waals surface area (Å²) in [5.74, 6) is 0.409. The van der Waals surface area contributed by atoms with Gasteiger partial charge in [-0.2, -0.15) is 0 Å². The maximum atomic E-state index is 11.2. The van der Waals surface area contributed by atoms with Gasteiger partial charge in [-0.15, -0.1) is 10.2 Å². The molecule has 0 spiro atoms. The molecular formula is C11H19N5O2. The van der Waals surface area contributed by atoms with Crippen LogP contribution >= 0.6 is 0 Å². The number of nitrogens with zero attached hydrogens (tertiary/aromatic N) is 2. The van der Waals surface area contributed by atoms with Gasteiger partial charge in [-0.05, 0) is 12.1 Å². The van der Waals surface area contributed by atoms with Gasteiger partial charge in [-0.1, -0.05) is 0 Å². The molecule has 7 heteroatoms. The van der Waals surface area contributed by atoms with Crippen molar-refractivity contribution in [1.82, 2.24) is 20.8 Å². The average molecular weight is 253 g/mol. The van der Waals surface area contributed by atoms with Gasteiger partial charge in [0, 0.05) is 33.8 Å². The van der Waals surface area contributed by atoms with Gasteiger partial charge in [0.05, 0.1) is 6.61 Å². The van der Waals surface area contributed by atoms with Crippen molar-refractivity contribution in [3.05, 3.63) is 17.8 Å². The van der Waals surface area contributed by atoms with Gasteiger partial charge in [0.25, 0.3) is 5.91 Å². The molecule has 0 saturated carbocycles. The SMILES string of the molecule is CNC(=O)c1ccc(NCCNCCOC)nn1. The van der Waals surface area contributed by atoms with Gasteiger partial charge >= 0.3 is 0 Å². The van der Waals surface area contributed by atoms with Crippen molar-refractivity contribution in [1.29, 1.82) is 0 Å². The van der Waals surface area contributed by atoms with E-state index in [0.717, 1.165) is 19.6 Å². The van der Waals surface area contributed by atoms with Crippen molar-refractivity contribution in [3.63, 3.8) is 0 Å². The molecule has 0 bridgehead atoms. The van der Waals surface area contributed by atoms with E-state index in [0.29, 0.717) is 18.1 Å². The molecule has 0 aliphatic carbocycles. The third-order valence-electron chi connectivity index (χ3n) is 2.22. The van der Waals surface area contributed by atoms with Crippen molar-refractivity contribution in [3.8, 4) is 0 Å². The standard InChI is InChI=1S/C11H19N5O2/c1-12-11(17)9-3-4-10(16-15-9)14-6-5-13-7-8-18-2/h3-4,13H,5-8H2,1-2H3,(H,12,17)(H,14,16). The molecule has 0 unspecified atom stereocenters. The van der Waals surface area contributed by atoms with Gasteiger partial charge in [0.15, 0.2) is 5.69 Å². The molecule has 0 aliphatic heterocycles. The van der Waals surface area contributed by atoms with Crippen LogP contribution in [0.4, 0.5) is 5.82 Å². The number of carbonyl (C=O) groups excluding carboxylic acids is 1. The number of ether oxygens (including phenoxy) is 1. The Kier molecular flexibility index (Phi) is 6.67. The second-order valence-electron chi connectivity index (χ2n) is 3.55. The molecule has 1 rings (SSSR count). The Morgan fingerprint density at radius 2 is 2.11 bits per heavy atom. The first-order valence-corrected chi connectivity index (χ1v) is 5.77. The number of rotatable bonds is 8. The van der Waals surface area contributed by atoms with E-state index in [4.69, 9.17) is 4.74 Å². The molecule has 7 nitrogen and oxygen atoms in total. The van der Waals surface area contributed by atoms with Crippen molar-refractivity contribution < 1.29 is 9.53 Å². The lowest BCUT2D eigenvalue weighted by molar-refractivity contribution is 0.0957. The highest BCUT2D eigenvalue weighted by Gasteiger charge is 2.04. The third-order valence-corrected chi connectivity index (χ3v) is 2.22. The van der Waals surface area contributed by atoms with Crippen molar-refractivity contribution >= 4 is 11.7 Å². The molecule has 0 saturated heterocycles. The largest absolute Gasteiger partial charge is 0.383 e. The normalized spacial score (nSPS) is 10.1. The van der Waals surface area contributed by atoms with E-state index in [1.54, 1.807) is 26.3 Å². The number of amides is 1. The highest BCUT2D eigenvalue weighted by atomic mass is 16.5. The molecule has 1 aromatic rings. The fourth-order valence-corrected chi connectivity index (χ4v) is 1.25. The Bertz CT molecular complexity index is 355. The molecule has 0 atom stereocenters. The molecule has 18 heavy (non-hydrogen) atoms. The maximum Gasteiger partial charge on any atom is 0.271 e. The quantitative estimate of drug-likeness (QED) is 0.541. The van der Waals surface area contributed by atoms with Crippen molar-refractivity contribution in [2.24, 2.45) is 0 Å². The average Bonchev–Trinajstić information content (AvgIpc) is 2.42. The molecule has 3 N–H and O–H groups in total.